The summed E-state index contributed by atoms with van der Waals surface area (Å²) in [6.45, 7) is 6.23. The van der Waals surface area contributed by atoms with Gasteiger partial charge in [0.2, 0.25) is 5.91 Å². The number of amides is 1. The van der Waals surface area contributed by atoms with E-state index in [-0.39, 0.29) is 5.92 Å². The van der Waals surface area contributed by atoms with Crippen LogP contribution in [0.15, 0.2) is 0 Å². The molecule has 104 valence electrons. The second kappa shape index (κ2) is 6.05. The van der Waals surface area contributed by atoms with Gasteiger partial charge in [-0.1, -0.05) is 26.7 Å². The molecule has 4 unspecified atom stereocenters. The SMILES string of the molecule is CCCCC(CC)C(=O)N1CC2CCC(N)C2C1. The predicted octanol–water partition coefficient (Wildman–Crippen LogP) is 2.40. The molecule has 0 aromatic heterocycles. The Kier molecular flexibility index (Phi) is 4.66. The van der Waals surface area contributed by atoms with Crippen molar-refractivity contribution in [1.29, 1.82) is 0 Å². The maximum Gasteiger partial charge on any atom is 0.225 e. The lowest BCUT2D eigenvalue weighted by molar-refractivity contribution is -0.135. The van der Waals surface area contributed by atoms with Gasteiger partial charge in [-0.15, -0.1) is 0 Å². The Morgan fingerprint density at radius 1 is 1.33 bits per heavy atom. The van der Waals surface area contributed by atoms with Gasteiger partial charge in [-0.05, 0) is 37.5 Å². The van der Waals surface area contributed by atoms with Gasteiger partial charge in [0, 0.05) is 25.0 Å². The molecule has 0 aromatic rings. The van der Waals surface area contributed by atoms with E-state index in [2.05, 4.69) is 18.7 Å². The van der Waals surface area contributed by atoms with Gasteiger partial charge in [-0.2, -0.15) is 0 Å². The van der Waals surface area contributed by atoms with E-state index in [0.717, 1.165) is 32.4 Å². The number of hydrogen-bond donors (Lipinski definition) is 1. The van der Waals surface area contributed by atoms with Crippen molar-refractivity contribution < 1.29 is 4.79 Å². The molecule has 3 nitrogen and oxygen atoms in total. The van der Waals surface area contributed by atoms with Crippen LogP contribution in [0.1, 0.15) is 52.4 Å². The highest BCUT2D eigenvalue weighted by Gasteiger charge is 2.43. The molecule has 1 saturated heterocycles. The van der Waals surface area contributed by atoms with Crippen molar-refractivity contribution in [2.45, 2.75) is 58.4 Å². The molecule has 18 heavy (non-hydrogen) atoms. The Morgan fingerprint density at radius 2 is 2.11 bits per heavy atom. The fraction of sp³-hybridized carbons (Fsp3) is 0.933. The summed E-state index contributed by atoms with van der Waals surface area (Å²) in [4.78, 5) is 14.6. The lowest BCUT2D eigenvalue weighted by Gasteiger charge is -2.24. The minimum Gasteiger partial charge on any atom is -0.342 e. The van der Waals surface area contributed by atoms with Crippen LogP contribution in [0.3, 0.4) is 0 Å². The summed E-state index contributed by atoms with van der Waals surface area (Å²) in [6, 6.07) is 0.337. The maximum atomic E-state index is 12.5. The third kappa shape index (κ3) is 2.71. The van der Waals surface area contributed by atoms with Gasteiger partial charge in [0.15, 0.2) is 0 Å². The van der Waals surface area contributed by atoms with Crippen LogP contribution in [-0.2, 0) is 4.79 Å². The Balaban J connectivity index is 1.90. The van der Waals surface area contributed by atoms with Crippen LogP contribution in [0.5, 0.6) is 0 Å². The molecule has 0 bridgehead atoms. The highest BCUT2D eigenvalue weighted by molar-refractivity contribution is 5.79. The molecule has 2 aliphatic rings. The van der Waals surface area contributed by atoms with Gasteiger partial charge in [0.25, 0.3) is 0 Å². The van der Waals surface area contributed by atoms with Crippen molar-refractivity contribution in [3.63, 3.8) is 0 Å². The Labute approximate surface area is 111 Å². The molecule has 1 amide bonds. The third-order valence-electron chi connectivity index (χ3n) is 4.97. The lowest BCUT2D eigenvalue weighted by Crippen LogP contribution is -2.37. The monoisotopic (exact) mass is 252 g/mol. The van der Waals surface area contributed by atoms with Gasteiger partial charge in [-0.3, -0.25) is 4.79 Å². The fourth-order valence-corrected chi connectivity index (χ4v) is 3.70. The van der Waals surface area contributed by atoms with Gasteiger partial charge >= 0.3 is 0 Å². The van der Waals surface area contributed by atoms with E-state index in [0.29, 0.717) is 23.8 Å². The molecule has 1 aliphatic heterocycles. The molecule has 2 N–H and O–H groups in total. The first-order valence-corrected chi connectivity index (χ1v) is 7.71. The fourth-order valence-electron chi connectivity index (χ4n) is 3.70. The molecule has 4 atom stereocenters. The number of nitrogens with two attached hydrogens (primary N) is 1. The highest BCUT2D eigenvalue weighted by atomic mass is 16.2. The van der Waals surface area contributed by atoms with Crippen molar-refractivity contribution in [3.8, 4) is 0 Å². The number of nitrogens with zero attached hydrogens (tertiary/aromatic N) is 1. The predicted molar refractivity (Wildman–Crippen MR) is 74.1 cm³/mol. The number of hydrogen-bond acceptors (Lipinski definition) is 2. The van der Waals surface area contributed by atoms with Crippen LogP contribution in [0, 0.1) is 17.8 Å². The molecule has 3 heteroatoms. The van der Waals surface area contributed by atoms with Crippen LogP contribution in [0.25, 0.3) is 0 Å². The van der Waals surface area contributed by atoms with Crippen LogP contribution in [-0.4, -0.2) is 29.9 Å². The highest BCUT2D eigenvalue weighted by Crippen LogP contribution is 2.37. The van der Waals surface area contributed by atoms with Crippen molar-refractivity contribution in [2.24, 2.45) is 23.5 Å². The topological polar surface area (TPSA) is 46.3 Å². The summed E-state index contributed by atoms with van der Waals surface area (Å²) < 4.78 is 0. The second-order valence-corrected chi connectivity index (χ2v) is 6.16. The minimum absolute atomic E-state index is 0.250. The average Bonchev–Trinajstić information content (AvgIpc) is 2.93. The zero-order chi connectivity index (χ0) is 13.1. The van der Waals surface area contributed by atoms with Crippen LogP contribution in [0.2, 0.25) is 0 Å². The Morgan fingerprint density at radius 3 is 2.72 bits per heavy atom. The van der Waals surface area contributed by atoms with Crippen LogP contribution >= 0.6 is 0 Å². The molecule has 2 fully saturated rings. The largest absolute Gasteiger partial charge is 0.342 e. The minimum atomic E-state index is 0.250. The molecular formula is C15H28N2O. The van der Waals surface area contributed by atoms with E-state index in [4.69, 9.17) is 5.73 Å². The van der Waals surface area contributed by atoms with E-state index in [1.54, 1.807) is 0 Å². The van der Waals surface area contributed by atoms with E-state index in [9.17, 15) is 4.79 Å². The zero-order valence-electron chi connectivity index (χ0n) is 11.9. The Bertz CT molecular complexity index is 292. The average molecular weight is 252 g/mol. The quantitative estimate of drug-likeness (QED) is 0.816. The smallest absolute Gasteiger partial charge is 0.225 e. The first-order valence-electron chi connectivity index (χ1n) is 7.71. The summed E-state index contributed by atoms with van der Waals surface area (Å²) >= 11 is 0. The summed E-state index contributed by atoms with van der Waals surface area (Å²) in [6.07, 6.45) is 6.77. The summed E-state index contributed by atoms with van der Waals surface area (Å²) in [5.74, 6) is 1.91. The molecule has 1 saturated carbocycles. The second-order valence-electron chi connectivity index (χ2n) is 6.16. The Hall–Kier alpha value is -0.570. The standard InChI is InChI=1S/C15H28N2O/c1-3-5-6-11(4-2)15(18)17-9-12-7-8-14(16)13(12)10-17/h11-14H,3-10,16H2,1-2H3. The molecular weight excluding hydrogens is 224 g/mol. The van der Waals surface area contributed by atoms with E-state index >= 15 is 0 Å². The summed E-state index contributed by atoms with van der Waals surface area (Å²) in [5, 5.41) is 0. The zero-order valence-corrected chi connectivity index (χ0v) is 11.9. The molecule has 0 spiro atoms. The normalized spacial score (nSPS) is 32.6. The van der Waals surface area contributed by atoms with Gasteiger partial charge in [-0.25, -0.2) is 0 Å². The third-order valence-corrected chi connectivity index (χ3v) is 4.97. The van der Waals surface area contributed by atoms with Gasteiger partial charge in [0.1, 0.15) is 0 Å². The van der Waals surface area contributed by atoms with Crippen molar-refractivity contribution in [1.82, 2.24) is 4.90 Å². The van der Waals surface area contributed by atoms with Crippen LogP contribution < -0.4 is 5.73 Å². The van der Waals surface area contributed by atoms with Crippen molar-refractivity contribution in [2.75, 3.05) is 13.1 Å². The van der Waals surface area contributed by atoms with Crippen molar-refractivity contribution in [3.05, 3.63) is 0 Å². The first kappa shape index (κ1) is 13.9. The number of carbonyl (C=O) groups is 1. The van der Waals surface area contributed by atoms with Gasteiger partial charge in [0.05, 0.1) is 0 Å². The number of carbonyl (C=O) groups excluding carboxylic acids is 1. The van der Waals surface area contributed by atoms with E-state index in [1.807, 2.05) is 0 Å². The number of rotatable bonds is 5. The molecule has 1 heterocycles. The summed E-state index contributed by atoms with van der Waals surface area (Å²) in [5.41, 5.74) is 6.13. The van der Waals surface area contributed by atoms with Crippen LogP contribution in [0.4, 0.5) is 0 Å². The molecule has 2 rings (SSSR count). The summed E-state index contributed by atoms with van der Waals surface area (Å²) in [7, 11) is 0. The number of unbranched alkanes of at least 4 members (excludes halogenated alkanes) is 1. The lowest BCUT2D eigenvalue weighted by atomic mass is 9.97. The molecule has 1 aliphatic carbocycles. The van der Waals surface area contributed by atoms with Crippen molar-refractivity contribution >= 4 is 5.91 Å². The maximum absolute atomic E-state index is 12.5. The number of likely N-dealkylation sites (tertiary alicyclic amines) is 1. The first-order chi connectivity index (χ1) is 8.67. The van der Waals surface area contributed by atoms with Gasteiger partial charge < -0.3 is 10.6 Å². The van der Waals surface area contributed by atoms with E-state index in [1.165, 1.54) is 19.3 Å². The molecule has 0 aromatic carbocycles. The van der Waals surface area contributed by atoms with E-state index < -0.39 is 0 Å². The molecule has 0 radical (unpaired) electrons. The number of fused-ring (bicyclic) bond motifs is 1.